The van der Waals surface area contributed by atoms with Crippen LogP contribution in [0.25, 0.3) is 0 Å². The Kier molecular flexibility index (Phi) is 4.72. The van der Waals surface area contributed by atoms with E-state index in [-0.39, 0.29) is 18.3 Å². The third-order valence-electron chi connectivity index (χ3n) is 3.22. The zero-order valence-corrected chi connectivity index (χ0v) is 10.8. The van der Waals surface area contributed by atoms with Crippen molar-refractivity contribution in [3.8, 4) is 0 Å². The third-order valence-corrected chi connectivity index (χ3v) is 3.22. The maximum atomic E-state index is 9.53. The Hall–Kier alpha value is -0.940. The summed E-state index contributed by atoms with van der Waals surface area (Å²) in [6.07, 6.45) is -0.782. The average molecular weight is 252 g/mol. The normalized spacial score (nSPS) is 32.4. The van der Waals surface area contributed by atoms with E-state index in [1.807, 2.05) is 37.3 Å². The second-order valence-electron chi connectivity index (χ2n) is 4.57. The van der Waals surface area contributed by atoms with Crippen LogP contribution in [0.2, 0.25) is 0 Å². The monoisotopic (exact) mass is 252 g/mol. The molecule has 0 spiro atoms. The topological polar surface area (TPSA) is 47.9 Å². The van der Waals surface area contributed by atoms with E-state index in [9.17, 15) is 5.11 Å². The van der Waals surface area contributed by atoms with Crippen molar-refractivity contribution in [2.75, 3.05) is 7.11 Å². The minimum Gasteiger partial charge on any atom is -0.378 e. The number of benzene rings is 1. The highest BCUT2D eigenvalue weighted by Gasteiger charge is 2.36. The molecule has 18 heavy (non-hydrogen) atoms. The van der Waals surface area contributed by atoms with Gasteiger partial charge < -0.3 is 19.3 Å². The maximum absolute atomic E-state index is 9.53. The Balaban J connectivity index is 1.94. The van der Waals surface area contributed by atoms with Gasteiger partial charge in [-0.15, -0.1) is 0 Å². The van der Waals surface area contributed by atoms with Crippen LogP contribution in [-0.2, 0) is 20.8 Å². The Morgan fingerprint density at radius 2 is 2.06 bits per heavy atom. The molecular formula is C14H20O4. The first kappa shape index (κ1) is 13.5. The molecule has 1 aliphatic rings. The molecule has 1 N–H and O–H groups in total. The Bertz CT molecular complexity index is 354. The molecule has 0 saturated carbocycles. The van der Waals surface area contributed by atoms with Gasteiger partial charge in [0.15, 0.2) is 6.29 Å². The van der Waals surface area contributed by atoms with Crippen LogP contribution >= 0.6 is 0 Å². The van der Waals surface area contributed by atoms with Crippen LogP contribution in [0.4, 0.5) is 0 Å². The number of methoxy groups -OCH3 is 1. The van der Waals surface area contributed by atoms with Crippen LogP contribution in [0.3, 0.4) is 0 Å². The molecule has 0 aromatic heterocycles. The minimum absolute atomic E-state index is 0.132. The van der Waals surface area contributed by atoms with Gasteiger partial charge in [0.25, 0.3) is 0 Å². The molecule has 1 heterocycles. The molecule has 2 rings (SSSR count). The van der Waals surface area contributed by atoms with Crippen molar-refractivity contribution in [3.63, 3.8) is 0 Å². The number of hydrogen-bond acceptors (Lipinski definition) is 4. The van der Waals surface area contributed by atoms with Gasteiger partial charge in [-0.3, -0.25) is 0 Å². The fraction of sp³-hybridized carbons (Fsp3) is 0.571. The first-order chi connectivity index (χ1) is 8.70. The van der Waals surface area contributed by atoms with Gasteiger partial charge in [-0.2, -0.15) is 0 Å². The van der Waals surface area contributed by atoms with Crippen LogP contribution in [0.15, 0.2) is 30.3 Å². The summed E-state index contributed by atoms with van der Waals surface area (Å²) in [5.41, 5.74) is 1.12. The molecule has 1 aliphatic heterocycles. The highest BCUT2D eigenvalue weighted by atomic mass is 16.6. The van der Waals surface area contributed by atoms with Gasteiger partial charge in [-0.1, -0.05) is 30.3 Å². The second-order valence-corrected chi connectivity index (χ2v) is 4.57. The van der Waals surface area contributed by atoms with E-state index in [4.69, 9.17) is 14.2 Å². The zero-order chi connectivity index (χ0) is 13.0. The first-order valence-electron chi connectivity index (χ1n) is 6.22. The Morgan fingerprint density at radius 3 is 2.72 bits per heavy atom. The molecule has 1 fully saturated rings. The minimum atomic E-state index is -0.762. The number of aliphatic hydroxyl groups is 1. The second kappa shape index (κ2) is 6.29. The van der Waals surface area contributed by atoms with Crippen LogP contribution in [-0.4, -0.2) is 36.8 Å². The lowest BCUT2D eigenvalue weighted by atomic mass is 10.0. The lowest BCUT2D eigenvalue weighted by Gasteiger charge is -2.37. The first-order valence-corrected chi connectivity index (χ1v) is 6.22. The van der Waals surface area contributed by atoms with Crippen molar-refractivity contribution < 1.29 is 19.3 Å². The molecule has 0 aliphatic carbocycles. The standard InChI is InChI=1S/C14H20O4/c1-10-14(12(16-2)8-13(15)18-10)17-9-11-6-4-3-5-7-11/h3-7,10,12-15H,8-9H2,1-2H3/t10-,12-,13+,14-/m0/s1. The van der Waals surface area contributed by atoms with Gasteiger partial charge in [0.05, 0.1) is 18.8 Å². The highest BCUT2D eigenvalue weighted by Crippen LogP contribution is 2.24. The summed E-state index contributed by atoms with van der Waals surface area (Å²) in [5.74, 6) is 0. The lowest BCUT2D eigenvalue weighted by Crippen LogP contribution is -2.49. The fourth-order valence-corrected chi connectivity index (χ4v) is 2.26. The molecule has 1 aromatic carbocycles. The highest BCUT2D eigenvalue weighted by molar-refractivity contribution is 5.13. The van der Waals surface area contributed by atoms with Crippen molar-refractivity contribution in [1.82, 2.24) is 0 Å². The molecule has 4 nitrogen and oxygen atoms in total. The molecule has 4 atom stereocenters. The van der Waals surface area contributed by atoms with E-state index in [2.05, 4.69) is 0 Å². The predicted octanol–water partition coefficient (Wildman–Crippen LogP) is 1.71. The lowest BCUT2D eigenvalue weighted by molar-refractivity contribution is -0.245. The SMILES string of the molecule is CO[C@H]1C[C@H](O)O[C@@H](C)[C@@H]1OCc1ccccc1. The number of rotatable bonds is 4. The van der Waals surface area contributed by atoms with Gasteiger partial charge in [-0.05, 0) is 12.5 Å². The summed E-state index contributed by atoms with van der Waals surface area (Å²) in [6.45, 7) is 2.42. The molecule has 1 saturated heterocycles. The van der Waals surface area contributed by atoms with E-state index < -0.39 is 6.29 Å². The van der Waals surface area contributed by atoms with Crippen molar-refractivity contribution in [1.29, 1.82) is 0 Å². The largest absolute Gasteiger partial charge is 0.378 e. The van der Waals surface area contributed by atoms with Gasteiger partial charge in [0, 0.05) is 13.5 Å². The summed E-state index contributed by atoms with van der Waals surface area (Å²) >= 11 is 0. The fourth-order valence-electron chi connectivity index (χ4n) is 2.26. The Labute approximate surface area is 107 Å². The van der Waals surface area contributed by atoms with E-state index in [1.54, 1.807) is 7.11 Å². The maximum Gasteiger partial charge on any atom is 0.157 e. The quantitative estimate of drug-likeness (QED) is 0.886. The van der Waals surface area contributed by atoms with Crippen LogP contribution in [0.5, 0.6) is 0 Å². The molecule has 100 valence electrons. The van der Waals surface area contributed by atoms with Crippen molar-refractivity contribution >= 4 is 0 Å². The molecular weight excluding hydrogens is 232 g/mol. The van der Waals surface area contributed by atoms with Gasteiger partial charge in [0.2, 0.25) is 0 Å². The van der Waals surface area contributed by atoms with Gasteiger partial charge in [-0.25, -0.2) is 0 Å². The van der Waals surface area contributed by atoms with Crippen LogP contribution in [0, 0.1) is 0 Å². The summed E-state index contributed by atoms with van der Waals surface area (Å²) in [5, 5.41) is 9.53. The summed E-state index contributed by atoms with van der Waals surface area (Å²) in [6, 6.07) is 9.98. The van der Waals surface area contributed by atoms with Crippen molar-refractivity contribution in [2.24, 2.45) is 0 Å². The molecule has 4 heteroatoms. The molecule has 0 unspecified atom stereocenters. The Morgan fingerprint density at radius 1 is 1.33 bits per heavy atom. The summed E-state index contributed by atoms with van der Waals surface area (Å²) < 4.78 is 16.6. The van der Waals surface area contributed by atoms with Crippen molar-refractivity contribution in [2.45, 2.75) is 44.6 Å². The van der Waals surface area contributed by atoms with Crippen LogP contribution in [0.1, 0.15) is 18.9 Å². The predicted molar refractivity (Wildman–Crippen MR) is 67.0 cm³/mol. The molecule has 1 aromatic rings. The zero-order valence-electron chi connectivity index (χ0n) is 10.8. The number of ether oxygens (including phenoxy) is 3. The number of aliphatic hydroxyl groups excluding tert-OH is 1. The molecule has 0 amide bonds. The molecule has 0 radical (unpaired) electrons. The van der Waals surface area contributed by atoms with E-state index in [1.165, 1.54) is 0 Å². The third kappa shape index (κ3) is 3.29. The van der Waals surface area contributed by atoms with E-state index in [0.717, 1.165) is 5.56 Å². The van der Waals surface area contributed by atoms with Crippen LogP contribution < -0.4 is 0 Å². The number of hydrogen-bond donors (Lipinski definition) is 1. The van der Waals surface area contributed by atoms with E-state index in [0.29, 0.717) is 13.0 Å². The van der Waals surface area contributed by atoms with Gasteiger partial charge in [0.1, 0.15) is 6.10 Å². The molecule has 0 bridgehead atoms. The summed E-state index contributed by atoms with van der Waals surface area (Å²) in [7, 11) is 1.63. The van der Waals surface area contributed by atoms with Gasteiger partial charge >= 0.3 is 0 Å². The summed E-state index contributed by atoms with van der Waals surface area (Å²) in [4.78, 5) is 0. The average Bonchev–Trinajstić information content (AvgIpc) is 2.38. The van der Waals surface area contributed by atoms with E-state index >= 15 is 0 Å². The smallest absolute Gasteiger partial charge is 0.157 e. The van der Waals surface area contributed by atoms with Crippen molar-refractivity contribution in [3.05, 3.63) is 35.9 Å².